The van der Waals surface area contributed by atoms with Gasteiger partial charge in [0.05, 0.1) is 31.8 Å². The normalized spacial score (nSPS) is 13.1. The highest BCUT2D eigenvalue weighted by atomic mass is 32.2. The van der Waals surface area contributed by atoms with Crippen LogP contribution < -0.4 is 14.2 Å². The number of pyridine rings is 1. The Morgan fingerprint density at radius 2 is 1.74 bits per heavy atom. The molecule has 0 fully saturated rings. The molecule has 0 spiro atoms. The molecule has 1 N–H and O–H groups in total. The highest BCUT2D eigenvalue weighted by molar-refractivity contribution is 7.93. The quantitative estimate of drug-likeness (QED) is 0.301. The fraction of sp³-hybridized carbons (Fsp3) is 0.320. The topological polar surface area (TPSA) is 143 Å². The summed E-state index contributed by atoms with van der Waals surface area (Å²) >= 11 is 0. The lowest BCUT2D eigenvalue weighted by atomic mass is 10.2. The first-order valence-electron chi connectivity index (χ1n) is 11.8. The Balaban J connectivity index is 1.83. The summed E-state index contributed by atoms with van der Waals surface area (Å²) < 4.78 is 48.5. The van der Waals surface area contributed by atoms with Gasteiger partial charge in [-0.2, -0.15) is 0 Å². The van der Waals surface area contributed by atoms with E-state index in [1.165, 1.54) is 31.9 Å². The van der Waals surface area contributed by atoms with Crippen LogP contribution in [-0.2, 0) is 14.8 Å². The van der Waals surface area contributed by atoms with Crippen LogP contribution in [0.25, 0.3) is 17.1 Å². The van der Waals surface area contributed by atoms with Crippen molar-refractivity contribution in [2.45, 2.75) is 32.1 Å². The summed E-state index contributed by atoms with van der Waals surface area (Å²) in [7, 11) is -1.08. The average Bonchev–Trinajstić information content (AvgIpc) is 3.34. The lowest BCUT2D eigenvalue weighted by Crippen LogP contribution is -2.33. The van der Waals surface area contributed by atoms with E-state index < -0.39 is 21.4 Å². The summed E-state index contributed by atoms with van der Waals surface area (Å²) in [6.07, 6.45) is 5.44. The van der Waals surface area contributed by atoms with Gasteiger partial charge in [0.2, 0.25) is 16.0 Å². The Labute approximate surface area is 221 Å². The number of rotatable bonds is 11. The van der Waals surface area contributed by atoms with Crippen molar-refractivity contribution in [3.63, 3.8) is 0 Å². The zero-order valence-electron chi connectivity index (χ0n) is 21.7. The van der Waals surface area contributed by atoms with Gasteiger partial charge in [-0.1, -0.05) is 6.07 Å². The SMILES string of the molecule is CCO[C@H](c1cnc(C)cn1)[C@H](C)S(=O)(=O)Nc1nnc(-c2cccnc2)n1-c1c(OC)cccc1OC. The Kier molecular flexibility index (Phi) is 8.17. The first kappa shape index (κ1) is 26.9. The van der Waals surface area contributed by atoms with Crippen molar-refractivity contribution in [1.29, 1.82) is 0 Å². The van der Waals surface area contributed by atoms with Crippen molar-refractivity contribution in [3.05, 3.63) is 66.5 Å². The maximum absolute atomic E-state index is 13.7. The van der Waals surface area contributed by atoms with Crippen LogP contribution in [0.5, 0.6) is 11.5 Å². The van der Waals surface area contributed by atoms with E-state index in [2.05, 4.69) is 29.9 Å². The minimum Gasteiger partial charge on any atom is -0.494 e. The zero-order valence-corrected chi connectivity index (χ0v) is 22.5. The summed E-state index contributed by atoms with van der Waals surface area (Å²) in [5.74, 6) is 1.11. The molecule has 0 aliphatic heterocycles. The molecule has 4 rings (SSSR count). The largest absolute Gasteiger partial charge is 0.494 e. The van der Waals surface area contributed by atoms with Crippen LogP contribution in [0.4, 0.5) is 5.95 Å². The van der Waals surface area contributed by atoms with Crippen LogP contribution in [-0.4, -0.2) is 64.2 Å². The molecule has 4 aromatic rings. The Bertz CT molecular complexity index is 1460. The molecule has 1 aromatic carbocycles. The second-order valence-electron chi connectivity index (χ2n) is 8.25. The van der Waals surface area contributed by atoms with Crippen LogP contribution in [0.1, 0.15) is 31.3 Å². The van der Waals surface area contributed by atoms with E-state index in [4.69, 9.17) is 14.2 Å². The number of aromatic nitrogens is 6. The lowest BCUT2D eigenvalue weighted by Gasteiger charge is -2.24. The minimum absolute atomic E-state index is 0.0660. The van der Waals surface area contributed by atoms with Crippen molar-refractivity contribution < 1.29 is 22.6 Å². The van der Waals surface area contributed by atoms with E-state index in [-0.39, 0.29) is 12.6 Å². The predicted octanol–water partition coefficient (Wildman–Crippen LogP) is 3.35. The van der Waals surface area contributed by atoms with E-state index in [1.807, 2.05) is 0 Å². The molecule has 3 heterocycles. The van der Waals surface area contributed by atoms with Gasteiger partial charge in [0.25, 0.3) is 0 Å². The smallest absolute Gasteiger partial charge is 0.243 e. The van der Waals surface area contributed by atoms with Gasteiger partial charge < -0.3 is 14.2 Å². The zero-order chi connectivity index (χ0) is 27.3. The fourth-order valence-electron chi connectivity index (χ4n) is 3.87. The second-order valence-corrected chi connectivity index (χ2v) is 10.3. The molecule has 0 amide bonds. The Morgan fingerprint density at radius 3 is 2.32 bits per heavy atom. The third-order valence-electron chi connectivity index (χ3n) is 5.80. The third-order valence-corrected chi connectivity index (χ3v) is 7.49. The molecule has 0 aliphatic carbocycles. The molecule has 3 aromatic heterocycles. The van der Waals surface area contributed by atoms with Crippen molar-refractivity contribution in [2.75, 3.05) is 25.5 Å². The minimum atomic E-state index is -4.09. The van der Waals surface area contributed by atoms with Gasteiger partial charge in [-0.05, 0) is 45.0 Å². The molecular formula is C25H29N7O5S. The maximum Gasteiger partial charge on any atom is 0.243 e. The number of nitrogens with zero attached hydrogens (tertiary/aromatic N) is 6. The van der Waals surface area contributed by atoms with Crippen LogP contribution in [0.15, 0.2) is 55.1 Å². The van der Waals surface area contributed by atoms with Crippen LogP contribution in [0.2, 0.25) is 0 Å². The number of ether oxygens (including phenoxy) is 3. The summed E-state index contributed by atoms with van der Waals surface area (Å²) in [6.45, 7) is 5.40. The van der Waals surface area contributed by atoms with Crippen molar-refractivity contribution in [2.24, 2.45) is 0 Å². The molecule has 0 unspecified atom stereocenters. The first-order valence-corrected chi connectivity index (χ1v) is 13.3. The summed E-state index contributed by atoms with van der Waals surface area (Å²) in [4.78, 5) is 12.7. The first-order chi connectivity index (χ1) is 18.3. The predicted molar refractivity (Wildman–Crippen MR) is 141 cm³/mol. The Hall–Kier alpha value is -4.10. The summed E-state index contributed by atoms with van der Waals surface area (Å²) in [5, 5.41) is 7.42. The van der Waals surface area contributed by atoms with E-state index >= 15 is 0 Å². The van der Waals surface area contributed by atoms with Crippen LogP contribution >= 0.6 is 0 Å². The standard InChI is InChI=1S/C25H29N7O5S/c1-6-37-23(19-15-27-16(2)13-28-19)17(3)38(33,34)31-25-30-29-24(18-9-8-12-26-14-18)32(25)22-20(35-4)10-7-11-21(22)36-5/h7-15,17,23H,6H2,1-5H3,(H,30,31)/t17-,23-/m0/s1. The van der Waals surface area contributed by atoms with Gasteiger partial charge in [0, 0.05) is 30.8 Å². The molecule has 0 saturated heterocycles. The molecule has 2 atom stereocenters. The number of aryl methyl sites for hydroxylation is 1. The van der Waals surface area contributed by atoms with E-state index in [9.17, 15) is 8.42 Å². The second kappa shape index (κ2) is 11.5. The number of nitrogens with one attached hydrogen (secondary N) is 1. The lowest BCUT2D eigenvalue weighted by molar-refractivity contribution is 0.0588. The molecule has 200 valence electrons. The van der Waals surface area contributed by atoms with Gasteiger partial charge in [-0.3, -0.25) is 24.2 Å². The van der Waals surface area contributed by atoms with Gasteiger partial charge in [-0.15, -0.1) is 10.2 Å². The molecule has 0 saturated carbocycles. The molecule has 12 nitrogen and oxygen atoms in total. The van der Waals surface area contributed by atoms with Crippen molar-refractivity contribution >= 4 is 16.0 Å². The fourth-order valence-corrected chi connectivity index (χ4v) is 4.99. The molecule has 0 aliphatic rings. The number of para-hydroxylation sites is 1. The van der Waals surface area contributed by atoms with E-state index in [0.717, 1.165) is 0 Å². The van der Waals surface area contributed by atoms with Crippen molar-refractivity contribution in [3.8, 4) is 28.6 Å². The maximum atomic E-state index is 13.7. The van der Waals surface area contributed by atoms with E-state index in [0.29, 0.717) is 40.0 Å². The molecular weight excluding hydrogens is 510 g/mol. The third kappa shape index (κ3) is 5.43. The average molecular weight is 540 g/mol. The molecule has 38 heavy (non-hydrogen) atoms. The van der Waals surface area contributed by atoms with Gasteiger partial charge >= 0.3 is 0 Å². The Morgan fingerprint density at radius 1 is 1.00 bits per heavy atom. The number of sulfonamides is 1. The molecule has 13 heteroatoms. The monoisotopic (exact) mass is 539 g/mol. The highest BCUT2D eigenvalue weighted by Crippen LogP contribution is 2.38. The van der Waals surface area contributed by atoms with Gasteiger partial charge in [0.15, 0.2) is 5.82 Å². The van der Waals surface area contributed by atoms with Crippen LogP contribution in [0.3, 0.4) is 0 Å². The van der Waals surface area contributed by atoms with Crippen molar-refractivity contribution in [1.82, 2.24) is 29.7 Å². The number of hydrogen-bond donors (Lipinski definition) is 1. The van der Waals surface area contributed by atoms with Crippen LogP contribution in [0, 0.1) is 6.92 Å². The van der Waals surface area contributed by atoms with Gasteiger partial charge in [0.1, 0.15) is 28.5 Å². The number of methoxy groups -OCH3 is 2. The highest BCUT2D eigenvalue weighted by Gasteiger charge is 2.35. The molecule has 0 radical (unpaired) electrons. The number of anilines is 1. The molecule has 0 bridgehead atoms. The summed E-state index contributed by atoms with van der Waals surface area (Å²) in [5.41, 5.74) is 2.13. The van der Waals surface area contributed by atoms with Gasteiger partial charge in [-0.25, -0.2) is 8.42 Å². The van der Waals surface area contributed by atoms with E-state index in [1.54, 1.807) is 62.8 Å². The summed E-state index contributed by atoms with van der Waals surface area (Å²) in [6, 6.07) is 8.75. The number of hydrogen-bond acceptors (Lipinski definition) is 10. The number of benzene rings is 1.